The minimum absolute atomic E-state index is 0.250. The minimum Gasteiger partial charge on any atom is -0.483 e. The van der Waals surface area contributed by atoms with Crippen molar-refractivity contribution in [2.75, 3.05) is 5.32 Å². The summed E-state index contributed by atoms with van der Waals surface area (Å²) in [6.45, 7) is -0.250. The maximum Gasteiger partial charge on any atom is 0.290 e. The van der Waals surface area contributed by atoms with Crippen molar-refractivity contribution < 1.29 is 14.3 Å². The number of rotatable bonds is 2. The molecule has 102 valence electrons. The molecule has 7 heteroatoms. The molecule has 0 bridgehead atoms. The van der Waals surface area contributed by atoms with E-state index in [1.165, 1.54) is 0 Å². The van der Waals surface area contributed by atoms with Crippen LogP contribution in [0, 0.1) is 0 Å². The first-order chi connectivity index (χ1) is 9.74. The number of fused-ring (bicyclic) bond motifs is 1. The second kappa shape index (κ2) is 6.53. The first kappa shape index (κ1) is 13.8. The van der Waals surface area contributed by atoms with E-state index in [9.17, 15) is 0 Å². The summed E-state index contributed by atoms with van der Waals surface area (Å²) >= 11 is 5.72. The summed E-state index contributed by atoms with van der Waals surface area (Å²) in [4.78, 5) is 16.6. The van der Waals surface area contributed by atoms with Crippen molar-refractivity contribution in [2.24, 2.45) is 0 Å². The molecule has 3 aromatic rings. The summed E-state index contributed by atoms with van der Waals surface area (Å²) in [6.07, 6.45) is 4.98. The number of hydrogen-bond acceptors (Lipinski definition) is 5. The molecule has 2 N–H and O–H groups in total. The maximum absolute atomic E-state index is 8.36. The van der Waals surface area contributed by atoms with Gasteiger partial charge in [-0.25, -0.2) is 9.97 Å². The average molecular weight is 292 g/mol. The third-order valence-electron chi connectivity index (χ3n) is 2.37. The third kappa shape index (κ3) is 3.24. The van der Waals surface area contributed by atoms with Crippen LogP contribution >= 0.6 is 11.6 Å². The Balaban J connectivity index is 0.000000452. The predicted octanol–water partition coefficient (Wildman–Crippen LogP) is 3.32. The Hall–Kier alpha value is -2.60. The topological polar surface area (TPSA) is 88.3 Å². The van der Waals surface area contributed by atoms with E-state index >= 15 is 0 Å². The van der Waals surface area contributed by atoms with Gasteiger partial charge in [0.15, 0.2) is 0 Å². The van der Waals surface area contributed by atoms with Crippen LogP contribution in [0.25, 0.3) is 11.0 Å². The molecule has 0 atom stereocenters. The van der Waals surface area contributed by atoms with Gasteiger partial charge < -0.3 is 14.8 Å². The van der Waals surface area contributed by atoms with Crippen LogP contribution in [0.1, 0.15) is 0 Å². The van der Waals surface area contributed by atoms with Crippen LogP contribution in [-0.4, -0.2) is 21.5 Å². The highest BCUT2D eigenvalue weighted by atomic mass is 35.5. The van der Waals surface area contributed by atoms with Crippen molar-refractivity contribution in [3.05, 3.63) is 48.1 Å². The molecule has 0 aromatic carbocycles. The number of nitrogens with one attached hydrogen (secondary N) is 1. The van der Waals surface area contributed by atoms with E-state index in [1.54, 1.807) is 24.7 Å². The fourth-order valence-corrected chi connectivity index (χ4v) is 1.69. The molecule has 0 unspecified atom stereocenters. The number of nitrogens with zero attached hydrogens (tertiary/aromatic N) is 2. The highest BCUT2D eigenvalue weighted by Gasteiger charge is 2.04. The molecule has 0 spiro atoms. The highest BCUT2D eigenvalue weighted by molar-refractivity contribution is 6.29. The number of aromatic nitrogens is 2. The Morgan fingerprint density at radius 3 is 2.75 bits per heavy atom. The SMILES string of the molecule is Clc1ccc(Nc2nccc3occc23)cn1.O=CO. The van der Waals surface area contributed by atoms with Gasteiger partial charge in [-0.05, 0) is 24.3 Å². The van der Waals surface area contributed by atoms with Crippen molar-refractivity contribution in [1.29, 1.82) is 0 Å². The van der Waals surface area contributed by atoms with Crippen LogP contribution in [-0.2, 0) is 4.79 Å². The first-order valence-corrected chi connectivity index (χ1v) is 5.91. The van der Waals surface area contributed by atoms with Crippen LogP contribution in [0.5, 0.6) is 0 Å². The largest absolute Gasteiger partial charge is 0.483 e. The lowest BCUT2D eigenvalue weighted by Crippen LogP contribution is -1.93. The Bertz CT molecular complexity index is 697. The smallest absolute Gasteiger partial charge is 0.290 e. The van der Waals surface area contributed by atoms with E-state index < -0.39 is 0 Å². The van der Waals surface area contributed by atoms with Gasteiger partial charge in [0.1, 0.15) is 16.6 Å². The molecule has 0 saturated heterocycles. The molecule has 3 rings (SSSR count). The quantitative estimate of drug-likeness (QED) is 0.556. The molecule has 0 aliphatic carbocycles. The van der Waals surface area contributed by atoms with Gasteiger partial charge >= 0.3 is 0 Å². The molecular formula is C13H10ClN3O3. The number of furan rings is 1. The van der Waals surface area contributed by atoms with Crippen molar-refractivity contribution in [3.8, 4) is 0 Å². The Morgan fingerprint density at radius 2 is 2.05 bits per heavy atom. The summed E-state index contributed by atoms with van der Waals surface area (Å²) < 4.78 is 5.30. The monoisotopic (exact) mass is 291 g/mol. The van der Waals surface area contributed by atoms with E-state index in [4.69, 9.17) is 25.9 Å². The number of halogens is 1. The predicted molar refractivity (Wildman–Crippen MR) is 75.2 cm³/mol. The number of anilines is 2. The molecular weight excluding hydrogens is 282 g/mol. The molecule has 0 fully saturated rings. The second-order valence-corrected chi connectivity index (χ2v) is 3.98. The lowest BCUT2D eigenvalue weighted by atomic mass is 10.3. The van der Waals surface area contributed by atoms with E-state index in [2.05, 4.69) is 15.3 Å². The third-order valence-corrected chi connectivity index (χ3v) is 2.59. The lowest BCUT2D eigenvalue weighted by molar-refractivity contribution is -0.122. The molecule has 0 radical (unpaired) electrons. The number of carboxylic acid groups (broad SMARTS) is 1. The summed E-state index contributed by atoms with van der Waals surface area (Å²) in [7, 11) is 0. The Morgan fingerprint density at radius 1 is 1.25 bits per heavy atom. The van der Waals surface area contributed by atoms with Gasteiger partial charge in [-0.1, -0.05) is 11.6 Å². The van der Waals surface area contributed by atoms with E-state index in [-0.39, 0.29) is 6.47 Å². The zero-order chi connectivity index (χ0) is 14.4. The van der Waals surface area contributed by atoms with Gasteiger partial charge in [0, 0.05) is 6.20 Å². The highest BCUT2D eigenvalue weighted by Crippen LogP contribution is 2.24. The van der Waals surface area contributed by atoms with E-state index in [0.29, 0.717) is 5.15 Å². The molecule has 0 aliphatic heterocycles. The zero-order valence-electron chi connectivity index (χ0n) is 10.2. The Kier molecular flexibility index (Phi) is 4.52. The molecule has 3 aromatic heterocycles. The van der Waals surface area contributed by atoms with E-state index in [1.807, 2.05) is 18.2 Å². The summed E-state index contributed by atoms with van der Waals surface area (Å²) in [5.41, 5.74) is 1.63. The molecule has 6 nitrogen and oxygen atoms in total. The van der Waals surface area contributed by atoms with Crippen LogP contribution < -0.4 is 5.32 Å². The van der Waals surface area contributed by atoms with Crippen molar-refractivity contribution >= 4 is 40.5 Å². The minimum atomic E-state index is -0.250. The van der Waals surface area contributed by atoms with Gasteiger partial charge in [0.2, 0.25) is 0 Å². The van der Waals surface area contributed by atoms with Crippen LogP contribution in [0.3, 0.4) is 0 Å². The lowest BCUT2D eigenvalue weighted by Gasteiger charge is -2.05. The summed E-state index contributed by atoms with van der Waals surface area (Å²) in [6, 6.07) is 7.25. The molecule has 0 aliphatic rings. The number of carbonyl (C=O) groups is 1. The molecule has 3 heterocycles. The van der Waals surface area contributed by atoms with Gasteiger partial charge in [0.25, 0.3) is 6.47 Å². The first-order valence-electron chi connectivity index (χ1n) is 5.53. The Labute approximate surface area is 119 Å². The maximum atomic E-state index is 8.36. The molecule has 20 heavy (non-hydrogen) atoms. The number of hydrogen-bond donors (Lipinski definition) is 2. The van der Waals surface area contributed by atoms with Crippen LogP contribution in [0.4, 0.5) is 11.5 Å². The summed E-state index contributed by atoms with van der Waals surface area (Å²) in [5.74, 6) is 0.736. The van der Waals surface area contributed by atoms with E-state index in [0.717, 1.165) is 22.5 Å². The average Bonchev–Trinajstić information content (AvgIpc) is 2.92. The second-order valence-electron chi connectivity index (χ2n) is 3.59. The fraction of sp³-hybridized carbons (Fsp3) is 0. The van der Waals surface area contributed by atoms with Crippen molar-refractivity contribution in [2.45, 2.75) is 0 Å². The van der Waals surface area contributed by atoms with Crippen LogP contribution in [0.2, 0.25) is 5.15 Å². The fourth-order valence-electron chi connectivity index (χ4n) is 1.58. The van der Waals surface area contributed by atoms with Gasteiger partial charge in [-0.15, -0.1) is 0 Å². The number of pyridine rings is 2. The van der Waals surface area contributed by atoms with Crippen molar-refractivity contribution in [3.63, 3.8) is 0 Å². The molecule has 0 amide bonds. The summed E-state index contributed by atoms with van der Waals surface area (Å²) in [5, 5.41) is 11.5. The molecule has 0 saturated carbocycles. The standard InChI is InChI=1S/C12H8ClN3O.CH2O2/c13-11-2-1-8(7-15-11)16-12-9-4-6-17-10(9)3-5-14-12;2-1-3/h1-7H,(H,14,16);1H,(H,2,3). The van der Waals surface area contributed by atoms with Gasteiger partial charge in [0.05, 0.1) is 23.5 Å². The van der Waals surface area contributed by atoms with Gasteiger partial charge in [-0.2, -0.15) is 0 Å². The van der Waals surface area contributed by atoms with Crippen LogP contribution in [0.15, 0.2) is 47.3 Å². The normalized spacial score (nSPS) is 9.65. The van der Waals surface area contributed by atoms with Crippen molar-refractivity contribution in [1.82, 2.24) is 9.97 Å². The van der Waals surface area contributed by atoms with Gasteiger partial charge in [-0.3, -0.25) is 4.79 Å². The zero-order valence-corrected chi connectivity index (χ0v) is 10.9.